The lowest BCUT2D eigenvalue weighted by Gasteiger charge is -2.33. The Kier molecular flexibility index (Phi) is 8.97. The molecule has 2 heterocycles. The monoisotopic (exact) mass is 565 g/mol. The molecular formula is C31H33Cl2N3O3. The van der Waals surface area contributed by atoms with Crippen molar-refractivity contribution in [2.45, 2.75) is 38.5 Å². The van der Waals surface area contributed by atoms with Crippen LogP contribution in [0.15, 0.2) is 72.9 Å². The highest BCUT2D eigenvalue weighted by Crippen LogP contribution is 2.30. The minimum Gasteiger partial charge on any atom is -0.495 e. The highest BCUT2D eigenvalue weighted by Gasteiger charge is 2.22. The fraction of sp³-hybridized carbons (Fsp3) is 0.323. The number of ether oxygens (including phenoxy) is 2. The van der Waals surface area contributed by atoms with E-state index in [0.29, 0.717) is 22.2 Å². The molecule has 204 valence electrons. The molecule has 1 aliphatic heterocycles. The van der Waals surface area contributed by atoms with Gasteiger partial charge in [-0.2, -0.15) is 0 Å². The summed E-state index contributed by atoms with van der Waals surface area (Å²) in [7, 11) is 1.67. The van der Waals surface area contributed by atoms with Crippen molar-refractivity contribution in [3.63, 3.8) is 0 Å². The molecule has 0 aliphatic carbocycles. The van der Waals surface area contributed by atoms with E-state index in [1.54, 1.807) is 7.11 Å². The first-order valence-corrected chi connectivity index (χ1v) is 14.1. The summed E-state index contributed by atoms with van der Waals surface area (Å²) in [6.45, 7) is 4.09. The molecule has 3 aromatic carbocycles. The Hall–Kier alpha value is -3.19. The van der Waals surface area contributed by atoms with Crippen LogP contribution in [-0.2, 0) is 13.1 Å². The summed E-state index contributed by atoms with van der Waals surface area (Å²) in [6, 6.07) is 20.9. The number of aromatic nitrogens is 1. The SMILES string of the molecule is COc1cccc2c(C(=O)NCc3cccc(Cl)c3)cn(CCCN3CCCC(Oc4ccc(Cl)cc4)C3)c12. The molecule has 0 radical (unpaired) electrons. The Morgan fingerprint density at radius 2 is 1.85 bits per heavy atom. The number of rotatable bonds is 10. The van der Waals surface area contributed by atoms with Gasteiger partial charge in [0.25, 0.3) is 5.91 Å². The van der Waals surface area contributed by atoms with Gasteiger partial charge in [0, 0.05) is 41.3 Å². The molecule has 1 aromatic heterocycles. The fourth-order valence-electron chi connectivity index (χ4n) is 5.26. The number of carbonyl (C=O) groups is 1. The lowest BCUT2D eigenvalue weighted by molar-refractivity contribution is 0.0871. The van der Waals surface area contributed by atoms with E-state index in [2.05, 4.69) is 14.8 Å². The van der Waals surface area contributed by atoms with Crippen LogP contribution in [0.3, 0.4) is 0 Å². The van der Waals surface area contributed by atoms with Gasteiger partial charge in [-0.1, -0.05) is 47.5 Å². The number of carbonyl (C=O) groups excluding carboxylic acids is 1. The maximum absolute atomic E-state index is 13.2. The van der Waals surface area contributed by atoms with Gasteiger partial charge in [0.05, 0.1) is 18.2 Å². The second kappa shape index (κ2) is 12.8. The molecule has 39 heavy (non-hydrogen) atoms. The number of halogens is 2. The zero-order valence-electron chi connectivity index (χ0n) is 22.0. The lowest BCUT2D eigenvalue weighted by Crippen LogP contribution is -2.41. The molecular weight excluding hydrogens is 533 g/mol. The van der Waals surface area contributed by atoms with Crippen LogP contribution in [-0.4, -0.2) is 48.2 Å². The van der Waals surface area contributed by atoms with Crippen LogP contribution < -0.4 is 14.8 Å². The number of fused-ring (bicyclic) bond motifs is 1. The molecule has 8 heteroatoms. The van der Waals surface area contributed by atoms with Crippen molar-refractivity contribution in [2.75, 3.05) is 26.7 Å². The quantitative estimate of drug-likeness (QED) is 0.229. The van der Waals surface area contributed by atoms with Gasteiger partial charge in [-0.3, -0.25) is 9.69 Å². The average Bonchev–Trinajstić information content (AvgIpc) is 3.32. The molecule has 1 saturated heterocycles. The van der Waals surface area contributed by atoms with Gasteiger partial charge in [-0.25, -0.2) is 0 Å². The second-order valence-corrected chi connectivity index (χ2v) is 10.8. The average molecular weight is 567 g/mol. The fourth-order valence-corrected chi connectivity index (χ4v) is 5.59. The number of methoxy groups -OCH3 is 1. The van der Waals surface area contributed by atoms with E-state index in [1.807, 2.05) is 72.9 Å². The van der Waals surface area contributed by atoms with Crippen LogP contribution >= 0.6 is 23.2 Å². The van der Waals surface area contributed by atoms with Gasteiger partial charge in [-0.05, 0) is 80.4 Å². The zero-order chi connectivity index (χ0) is 27.2. The van der Waals surface area contributed by atoms with Crippen molar-refractivity contribution in [3.05, 3.63) is 94.1 Å². The molecule has 0 spiro atoms. The van der Waals surface area contributed by atoms with E-state index in [4.69, 9.17) is 32.7 Å². The minimum absolute atomic E-state index is 0.120. The number of likely N-dealkylation sites (tertiary alicyclic amines) is 1. The first kappa shape index (κ1) is 27.4. The van der Waals surface area contributed by atoms with E-state index in [9.17, 15) is 4.79 Å². The number of hydrogen-bond acceptors (Lipinski definition) is 4. The predicted molar refractivity (Wildman–Crippen MR) is 157 cm³/mol. The first-order valence-electron chi connectivity index (χ1n) is 13.3. The molecule has 1 N–H and O–H groups in total. The molecule has 0 saturated carbocycles. The zero-order valence-corrected chi connectivity index (χ0v) is 23.5. The Morgan fingerprint density at radius 3 is 2.64 bits per heavy atom. The standard InChI is InChI=1S/C31H33Cl2N3O3/c1-38-29-10-3-9-27-28(31(37)34-19-22-6-2-7-24(33)18-22)21-36(30(27)29)17-5-16-35-15-4-8-26(20-35)39-25-13-11-23(32)12-14-25/h2-3,6-7,9-14,18,21,26H,4-5,8,15-17,19-20H2,1H3,(H,34,37). The third kappa shape index (κ3) is 6.88. The number of para-hydroxylation sites is 1. The molecule has 6 nitrogen and oxygen atoms in total. The van der Waals surface area contributed by atoms with Crippen LogP contribution in [0, 0.1) is 0 Å². The largest absolute Gasteiger partial charge is 0.495 e. The van der Waals surface area contributed by atoms with Gasteiger partial charge in [0.2, 0.25) is 0 Å². The number of benzene rings is 3. The summed E-state index contributed by atoms with van der Waals surface area (Å²) < 4.78 is 14.0. The maximum atomic E-state index is 13.2. The molecule has 0 bridgehead atoms. The third-order valence-corrected chi connectivity index (χ3v) is 7.61. The molecule has 4 aromatic rings. The van der Waals surface area contributed by atoms with Crippen molar-refractivity contribution in [2.24, 2.45) is 0 Å². The van der Waals surface area contributed by atoms with E-state index in [1.165, 1.54) is 0 Å². The van der Waals surface area contributed by atoms with Crippen molar-refractivity contribution in [3.8, 4) is 11.5 Å². The van der Waals surface area contributed by atoms with Crippen LogP contribution in [0.2, 0.25) is 10.0 Å². The van der Waals surface area contributed by atoms with E-state index in [-0.39, 0.29) is 12.0 Å². The number of nitrogens with one attached hydrogen (secondary N) is 1. The number of nitrogens with zero attached hydrogens (tertiary/aromatic N) is 2. The Morgan fingerprint density at radius 1 is 1.03 bits per heavy atom. The molecule has 5 rings (SSSR count). The number of hydrogen-bond donors (Lipinski definition) is 1. The topological polar surface area (TPSA) is 55.7 Å². The summed E-state index contributed by atoms with van der Waals surface area (Å²) >= 11 is 12.1. The lowest BCUT2D eigenvalue weighted by atomic mass is 10.1. The molecule has 1 amide bonds. The van der Waals surface area contributed by atoms with Crippen molar-refractivity contribution in [1.29, 1.82) is 0 Å². The summed E-state index contributed by atoms with van der Waals surface area (Å²) in [5.74, 6) is 1.50. The van der Waals surface area contributed by atoms with Crippen LogP contribution in [0.4, 0.5) is 0 Å². The van der Waals surface area contributed by atoms with E-state index in [0.717, 1.165) is 73.4 Å². The number of amides is 1. The third-order valence-electron chi connectivity index (χ3n) is 7.12. The summed E-state index contributed by atoms with van der Waals surface area (Å²) in [5.41, 5.74) is 2.54. The maximum Gasteiger partial charge on any atom is 0.253 e. The van der Waals surface area contributed by atoms with Gasteiger partial charge in [0.1, 0.15) is 17.6 Å². The summed E-state index contributed by atoms with van der Waals surface area (Å²) in [5, 5.41) is 5.29. The van der Waals surface area contributed by atoms with Crippen LogP contribution in [0.1, 0.15) is 35.2 Å². The van der Waals surface area contributed by atoms with E-state index < -0.39 is 0 Å². The molecule has 1 fully saturated rings. The predicted octanol–water partition coefficient (Wildman–Crippen LogP) is 6.82. The smallest absolute Gasteiger partial charge is 0.253 e. The van der Waals surface area contributed by atoms with Gasteiger partial charge >= 0.3 is 0 Å². The van der Waals surface area contributed by atoms with Crippen molar-refractivity contribution >= 4 is 40.0 Å². The van der Waals surface area contributed by atoms with Crippen LogP contribution in [0.25, 0.3) is 10.9 Å². The Labute approximate surface area is 239 Å². The number of aryl methyl sites for hydroxylation is 1. The van der Waals surface area contributed by atoms with Gasteiger partial charge in [-0.15, -0.1) is 0 Å². The second-order valence-electron chi connectivity index (χ2n) is 9.90. The highest BCUT2D eigenvalue weighted by atomic mass is 35.5. The number of piperidine rings is 1. The molecule has 1 atom stereocenters. The first-order chi connectivity index (χ1) is 19.0. The summed E-state index contributed by atoms with van der Waals surface area (Å²) in [6.07, 6.45) is 5.21. The van der Waals surface area contributed by atoms with Crippen LogP contribution in [0.5, 0.6) is 11.5 Å². The van der Waals surface area contributed by atoms with E-state index >= 15 is 0 Å². The normalized spacial score (nSPS) is 15.8. The van der Waals surface area contributed by atoms with Gasteiger partial charge < -0.3 is 19.4 Å². The summed E-state index contributed by atoms with van der Waals surface area (Å²) in [4.78, 5) is 15.7. The van der Waals surface area contributed by atoms with Crippen molar-refractivity contribution in [1.82, 2.24) is 14.8 Å². The Balaban J connectivity index is 1.23. The van der Waals surface area contributed by atoms with Crippen molar-refractivity contribution < 1.29 is 14.3 Å². The molecule has 1 aliphatic rings. The van der Waals surface area contributed by atoms with Gasteiger partial charge in [0.15, 0.2) is 0 Å². The molecule has 1 unspecified atom stereocenters. The minimum atomic E-state index is -0.120. The highest BCUT2D eigenvalue weighted by molar-refractivity contribution is 6.30. The Bertz CT molecular complexity index is 1420.